The zero-order valence-electron chi connectivity index (χ0n) is 10.3. The van der Waals surface area contributed by atoms with Gasteiger partial charge in [0.15, 0.2) is 11.5 Å². The summed E-state index contributed by atoms with van der Waals surface area (Å²) in [5.74, 6) is 3.02. The van der Waals surface area contributed by atoms with E-state index in [0.717, 1.165) is 29.2 Å². The fourth-order valence-electron chi connectivity index (χ4n) is 2.42. The van der Waals surface area contributed by atoms with Crippen LogP contribution in [0.4, 0.5) is 0 Å². The van der Waals surface area contributed by atoms with Gasteiger partial charge in [-0.25, -0.2) is 0 Å². The third-order valence-corrected chi connectivity index (χ3v) is 4.95. The molecule has 0 spiro atoms. The lowest BCUT2D eigenvalue weighted by molar-refractivity contribution is 0.174. The van der Waals surface area contributed by atoms with Crippen molar-refractivity contribution in [2.45, 2.75) is 25.4 Å². The normalized spacial score (nSPS) is 30.4. The monoisotopic (exact) mass is 267 g/mol. The molecule has 98 valence electrons. The highest BCUT2D eigenvalue weighted by atomic mass is 32.2. The van der Waals surface area contributed by atoms with Crippen LogP contribution >= 0.6 is 0 Å². The smallest absolute Gasteiger partial charge is 0.231 e. The third kappa shape index (κ3) is 2.24. The standard InChI is InChI=1S/C13H17NO3S/c1-2-10-6-18(15)7-11(14-10)9-3-4-12-13(5-9)17-8-16-12/h3-5,10-11,14H,2,6-8H2,1H3. The predicted molar refractivity (Wildman–Crippen MR) is 70.4 cm³/mol. The van der Waals surface area contributed by atoms with Crippen LogP contribution in [0.3, 0.4) is 0 Å². The van der Waals surface area contributed by atoms with E-state index in [0.29, 0.717) is 18.6 Å². The van der Waals surface area contributed by atoms with Gasteiger partial charge < -0.3 is 14.8 Å². The summed E-state index contributed by atoms with van der Waals surface area (Å²) in [6.07, 6.45) is 1.01. The maximum atomic E-state index is 11.9. The summed E-state index contributed by atoms with van der Waals surface area (Å²) in [7, 11) is -0.734. The van der Waals surface area contributed by atoms with E-state index < -0.39 is 10.8 Å². The van der Waals surface area contributed by atoms with Crippen molar-refractivity contribution in [2.24, 2.45) is 0 Å². The molecule has 18 heavy (non-hydrogen) atoms. The van der Waals surface area contributed by atoms with Crippen molar-refractivity contribution in [2.75, 3.05) is 18.3 Å². The van der Waals surface area contributed by atoms with Gasteiger partial charge in [-0.05, 0) is 24.1 Å². The molecule has 0 amide bonds. The van der Waals surface area contributed by atoms with Crippen LogP contribution in [0.15, 0.2) is 18.2 Å². The molecule has 1 saturated heterocycles. The van der Waals surface area contributed by atoms with Crippen LogP contribution in [-0.4, -0.2) is 28.5 Å². The van der Waals surface area contributed by atoms with Gasteiger partial charge in [0, 0.05) is 34.4 Å². The average molecular weight is 267 g/mol. The van der Waals surface area contributed by atoms with E-state index in [4.69, 9.17) is 9.47 Å². The van der Waals surface area contributed by atoms with Gasteiger partial charge in [0.1, 0.15) is 0 Å². The van der Waals surface area contributed by atoms with Crippen LogP contribution in [0.1, 0.15) is 24.9 Å². The lowest BCUT2D eigenvalue weighted by Gasteiger charge is -2.30. The summed E-state index contributed by atoms with van der Waals surface area (Å²) in [4.78, 5) is 0. The minimum absolute atomic E-state index is 0.152. The van der Waals surface area contributed by atoms with E-state index in [9.17, 15) is 4.21 Å². The van der Waals surface area contributed by atoms with E-state index in [2.05, 4.69) is 12.2 Å². The Bertz CT molecular complexity index is 477. The molecule has 1 aromatic carbocycles. The molecule has 0 bridgehead atoms. The molecule has 2 heterocycles. The van der Waals surface area contributed by atoms with Crippen molar-refractivity contribution in [3.8, 4) is 11.5 Å². The Morgan fingerprint density at radius 3 is 3.00 bits per heavy atom. The molecule has 2 aliphatic heterocycles. The van der Waals surface area contributed by atoms with Gasteiger partial charge in [-0.3, -0.25) is 4.21 Å². The van der Waals surface area contributed by atoms with Crippen LogP contribution in [0.25, 0.3) is 0 Å². The lowest BCUT2D eigenvalue weighted by Crippen LogP contribution is -2.44. The summed E-state index contributed by atoms with van der Waals surface area (Å²) in [6, 6.07) is 6.45. The van der Waals surface area contributed by atoms with Crippen LogP contribution < -0.4 is 14.8 Å². The predicted octanol–water partition coefficient (Wildman–Crippen LogP) is 1.59. The first-order chi connectivity index (χ1) is 8.76. The van der Waals surface area contributed by atoms with E-state index in [-0.39, 0.29) is 6.04 Å². The van der Waals surface area contributed by atoms with Gasteiger partial charge in [-0.2, -0.15) is 0 Å². The van der Waals surface area contributed by atoms with Crippen molar-refractivity contribution in [1.82, 2.24) is 5.32 Å². The molecule has 0 radical (unpaired) electrons. The molecule has 0 aliphatic carbocycles. The molecule has 2 aliphatic rings. The van der Waals surface area contributed by atoms with Crippen molar-refractivity contribution in [3.63, 3.8) is 0 Å². The SMILES string of the molecule is CCC1CS(=O)CC(c2ccc3c(c2)OCO3)N1. The summed E-state index contributed by atoms with van der Waals surface area (Å²) < 4.78 is 22.6. The minimum atomic E-state index is -0.734. The molecule has 3 atom stereocenters. The quantitative estimate of drug-likeness (QED) is 0.884. The highest BCUT2D eigenvalue weighted by molar-refractivity contribution is 7.85. The van der Waals surface area contributed by atoms with E-state index in [1.54, 1.807) is 0 Å². The molecule has 0 saturated carbocycles. The largest absolute Gasteiger partial charge is 0.454 e. The number of ether oxygens (including phenoxy) is 2. The Morgan fingerprint density at radius 1 is 1.33 bits per heavy atom. The molecule has 0 aromatic heterocycles. The lowest BCUT2D eigenvalue weighted by atomic mass is 10.1. The highest BCUT2D eigenvalue weighted by Gasteiger charge is 2.27. The number of nitrogens with one attached hydrogen (secondary N) is 1. The van der Waals surface area contributed by atoms with E-state index in [1.807, 2.05) is 18.2 Å². The van der Waals surface area contributed by atoms with Gasteiger partial charge >= 0.3 is 0 Å². The third-order valence-electron chi connectivity index (χ3n) is 3.47. The average Bonchev–Trinajstić information content (AvgIpc) is 2.85. The number of hydrogen-bond donors (Lipinski definition) is 1. The Hall–Kier alpha value is -1.07. The van der Waals surface area contributed by atoms with E-state index >= 15 is 0 Å². The second kappa shape index (κ2) is 4.90. The fraction of sp³-hybridized carbons (Fsp3) is 0.538. The molecule has 3 rings (SSSR count). The summed E-state index contributed by atoms with van der Waals surface area (Å²) in [5, 5.41) is 3.55. The van der Waals surface area contributed by atoms with Gasteiger partial charge in [0.05, 0.1) is 0 Å². The molecule has 1 aromatic rings. The first-order valence-corrected chi connectivity index (χ1v) is 7.75. The van der Waals surface area contributed by atoms with Crippen LogP contribution in [0.5, 0.6) is 11.5 Å². The molecule has 5 heteroatoms. The number of benzene rings is 1. The molecule has 4 nitrogen and oxygen atoms in total. The highest BCUT2D eigenvalue weighted by Crippen LogP contribution is 2.35. The summed E-state index contributed by atoms with van der Waals surface area (Å²) in [6.45, 7) is 2.41. The maximum absolute atomic E-state index is 11.9. The zero-order chi connectivity index (χ0) is 12.5. The number of fused-ring (bicyclic) bond motifs is 1. The second-order valence-electron chi connectivity index (χ2n) is 4.71. The zero-order valence-corrected chi connectivity index (χ0v) is 11.2. The van der Waals surface area contributed by atoms with Gasteiger partial charge in [0.25, 0.3) is 0 Å². The van der Waals surface area contributed by atoms with Crippen molar-refractivity contribution < 1.29 is 13.7 Å². The number of rotatable bonds is 2. The van der Waals surface area contributed by atoms with Crippen molar-refractivity contribution in [1.29, 1.82) is 0 Å². The van der Waals surface area contributed by atoms with Gasteiger partial charge in [-0.15, -0.1) is 0 Å². The molecule has 1 N–H and O–H groups in total. The van der Waals surface area contributed by atoms with Crippen LogP contribution in [0.2, 0.25) is 0 Å². The number of hydrogen-bond acceptors (Lipinski definition) is 4. The van der Waals surface area contributed by atoms with Crippen LogP contribution in [0, 0.1) is 0 Å². The summed E-state index contributed by atoms with van der Waals surface area (Å²) >= 11 is 0. The van der Waals surface area contributed by atoms with Gasteiger partial charge in [-0.1, -0.05) is 13.0 Å². The van der Waals surface area contributed by atoms with Crippen LogP contribution in [-0.2, 0) is 10.8 Å². The molecule has 1 fully saturated rings. The fourth-order valence-corrected chi connectivity index (χ4v) is 3.99. The maximum Gasteiger partial charge on any atom is 0.231 e. The van der Waals surface area contributed by atoms with E-state index in [1.165, 1.54) is 0 Å². The first-order valence-electron chi connectivity index (χ1n) is 6.27. The van der Waals surface area contributed by atoms with Gasteiger partial charge in [0.2, 0.25) is 6.79 Å². The molecular formula is C13H17NO3S. The molecular weight excluding hydrogens is 250 g/mol. The Labute approximate surface area is 109 Å². The van der Waals surface area contributed by atoms with Crippen molar-refractivity contribution >= 4 is 10.8 Å². The first kappa shape index (κ1) is 12.0. The van der Waals surface area contributed by atoms with Crippen molar-refractivity contribution in [3.05, 3.63) is 23.8 Å². The second-order valence-corrected chi connectivity index (χ2v) is 6.26. The Kier molecular flexibility index (Phi) is 3.26. The minimum Gasteiger partial charge on any atom is -0.454 e. The topological polar surface area (TPSA) is 47.6 Å². The molecule has 3 unspecified atom stereocenters. The Balaban J connectivity index is 1.83. The summed E-state index contributed by atoms with van der Waals surface area (Å²) in [5.41, 5.74) is 1.13. The Morgan fingerprint density at radius 2 is 2.17 bits per heavy atom.